The summed E-state index contributed by atoms with van der Waals surface area (Å²) in [5.41, 5.74) is 0.395. The van der Waals surface area contributed by atoms with Crippen molar-refractivity contribution in [2.24, 2.45) is 0 Å². The Hall–Kier alpha value is -1.82. The minimum atomic E-state index is -0.433. The lowest BCUT2D eigenvalue weighted by molar-refractivity contribution is -0.385. The minimum Gasteiger partial charge on any atom is -0.484 e. The molecular weight excluding hydrogens is 248 g/mol. The first-order valence-corrected chi connectivity index (χ1v) is 6.16. The predicted molar refractivity (Wildman–Crippen MR) is 73.8 cm³/mol. The van der Waals surface area contributed by atoms with Crippen LogP contribution in [0.2, 0.25) is 0 Å². The molecular formula is C13H20N2O4. The fourth-order valence-electron chi connectivity index (χ4n) is 1.54. The fraction of sp³-hybridized carbons (Fsp3) is 0.538. The molecule has 1 rings (SSSR count). The van der Waals surface area contributed by atoms with Crippen LogP contribution in [-0.4, -0.2) is 30.8 Å². The van der Waals surface area contributed by atoms with Crippen molar-refractivity contribution in [3.05, 3.63) is 28.3 Å². The summed E-state index contributed by atoms with van der Waals surface area (Å²) in [6.07, 6.45) is -0.152. The third kappa shape index (κ3) is 4.40. The molecule has 0 radical (unpaired) electrons. The number of nitrogens with zero attached hydrogens (tertiary/aromatic N) is 1. The molecule has 1 N–H and O–H groups in total. The number of para-hydroxylation sites is 1. The Balaban J connectivity index is 2.99. The average molecular weight is 268 g/mol. The van der Waals surface area contributed by atoms with Crippen LogP contribution in [0.25, 0.3) is 0 Å². The molecule has 0 fully saturated rings. The molecule has 0 saturated carbocycles. The molecule has 1 unspecified atom stereocenters. The second-order valence-corrected chi connectivity index (χ2v) is 4.50. The van der Waals surface area contributed by atoms with Gasteiger partial charge in [0.15, 0.2) is 5.75 Å². The van der Waals surface area contributed by atoms with Crippen molar-refractivity contribution < 1.29 is 14.4 Å². The number of nitrogens with one attached hydrogen (secondary N) is 1. The molecule has 6 heteroatoms. The van der Waals surface area contributed by atoms with Gasteiger partial charge < -0.3 is 14.8 Å². The predicted octanol–water partition coefficient (Wildman–Crippen LogP) is 2.83. The van der Waals surface area contributed by atoms with E-state index in [0.717, 1.165) is 0 Å². The number of hydrogen-bond acceptors (Lipinski definition) is 5. The van der Waals surface area contributed by atoms with Crippen LogP contribution >= 0.6 is 0 Å². The highest BCUT2D eigenvalue weighted by Crippen LogP contribution is 2.35. The van der Waals surface area contributed by atoms with Gasteiger partial charge in [-0.25, -0.2) is 0 Å². The first-order valence-electron chi connectivity index (χ1n) is 6.16. The van der Waals surface area contributed by atoms with Crippen molar-refractivity contribution in [1.82, 2.24) is 0 Å². The Morgan fingerprint density at radius 1 is 1.37 bits per heavy atom. The van der Waals surface area contributed by atoms with Gasteiger partial charge in [0.05, 0.1) is 17.1 Å². The van der Waals surface area contributed by atoms with Crippen LogP contribution in [0.3, 0.4) is 0 Å². The second-order valence-electron chi connectivity index (χ2n) is 4.50. The molecule has 6 nitrogen and oxygen atoms in total. The standard InChI is InChI=1S/C13H20N2O4/c1-9(2)19-12-7-5-6-11(13(12)15(16)17)14-8-10(3)18-4/h5-7,9-10,14H,8H2,1-4H3. The van der Waals surface area contributed by atoms with Gasteiger partial charge >= 0.3 is 5.69 Å². The maximum absolute atomic E-state index is 11.2. The van der Waals surface area contributed by atoms with Gasteiger partial charge in [-0.2, -0.15) is 0 Å². The van der Waals surface area contributed by atoms with Gasteiger partial charge in [0, 0.05) is 13.7 Å². The highest BCUT2D eigenvalue weighted by molar-refractivity contribution is 5.68. The largest absolute Gasteiger partial charge is 0.484 e. The Bertz CT molecular complexity index is 435. The Kier molecular flexibility index (Phi) is 5.57. The van der Waals surface area contributed by atoms with Crippen molar-refractivity contribution in [2.45, 2.75) is 33.0 Å². The zero-order chi connectivity index (χ0) is 14.4. The number of anilines is 1. The van der Waals surface area contributed by atoms with E-state index < -0.39 is 4.92 Å². The first kappa shape index (κ1) is 15.2. The van der Waals surface area contributed by atoms with E-state index in [9.17, 15) is 10.1 Å². The number of ether oxygens (including phenoxy) is 2. The molecule has 0 aromatic heterocycles. The summed E-state index contributed by atoms with van der Waals surface area (Å²) in [7, 11) is 1.60. The number of hydrogen-bond donors (Lipinski definition) is 1. The molecule has 0 heterocycles. The van der Waals surface area contributed by atoms with Crippen LogP contribution in [-0.2, 0) is 4.74 Å². The van der Waals surface area contributed by atoms with Crippen LogP contribution in [0, 0.1) is 10.1 Å². The molecule has 19 heavy (non-hydrogen) atoms. The quantitative estimate of drug-likeness (QED) is 0.608. The van der Waals surface area contributed by atoms with Gasteiger partial charge in [-0.3, -0.25) is 10.1 Å². The molecule has 1 aromatic rings. The summed E-state index contributed by atoms with van der Waals surface area (Å²) in [5.74, 6) is 0.273. The highest BCUT2D eigenvalue weighted by atomic mass is 16.6. The zero-order valence-electron chi connectivity index (χ0n) is 11.7. The van der Waals surface area contributed by atoms with Crippen LogP contribution in [0.15, 0.2) is 18.2 Å². The van der Waals surface area contributed by atoms with Gasteiger partial charge in [-0.05, 0) is 32.9 Å². The van der Waals surface area contributed by atoms with Gasteiger partial charge in [0.2, 0.25) is 0 Å². The monoisotopic (exact) mass is 268 g/mol. The summed E-state index contributed by atoms with van der Waals surface area (Å²) in [6, 6.07) is 4.99. The lowest BCUT2D eigenvalue weighted by atomic mass is 10.2. The van der Waals surface area contributed by atoms with E-state index in [1.807, 2.05) is 20.8 Å². The van der Waals surface area contributed by atoms with Crippen LogP contribution < -0.4 is 10.1 Å². The summed E-state index contributed by atoms with van der Waals surface area (Å²) in [4.78, 5) is 10.8. The molecule has 0 aliphatic rings. The van der Waals surface area contributed by atoms with E-state index in [1.54, 1.807) is 25.3 Å². The highest BCUT2D eigenvalue weighted by Gasteiger charge is 2.21. The van der Waals surface area contributed by atoms with Crippen LogP contribution in [0.1, 0.15) is 20.8 Å². The minimum absolute atomic E-state index is 0.0331. The van der Waals surface area contributed by atoms with E-state index in [-0.39, 0.29) is 23.6 Å². The van der Waals surface area contributed by atoms with E-state index >= 15 is 0 Å². The van der Waals surface area contributed by atoms with Crippen molar-refractivity contribution in [1.29, 1.82) is 0 Å². The lowest BCUT2D eigenvalue weighted by Crippen LogP contribution is -2.19. The SMILES string of the molecule is COC(C)CNc1cccc(OC(C)C)c1[N+](=O)[O-]. The topological polar surface area (TPSA) is 73.6 Å². The number of nitro benzene ring substituents is 1. The summed E-state index contributed by atoms with van der Waals surface area (Å²) < 4.78 is 10.6. The number of rotatable bonds is 7. The van der Waals surface area contributed by atoms with Gasteiger partial charge in [-0.1, -0.05) is 6.07 Å². The van der Waals surface area contributed by atoms with Gasteiger partial charge in [0.1, 0.15) is 5.69 Å². The van der Waals surface area contributed by atoms with Crippen LogP contribution in [0.5, 0.6) is 5.75 Å². The van der Waals surface area contributed by atoms with Gasteiger partial charge in [-0.15, -0.1) is 0 Å². The Labute approximate surface area is 112 Å². The van der Waals surface area contributed by atoms with Crippen molar-refractivity contribution >= 4 is 11.4 Å². The zero-order valence-corrected chi connectivity index (χ0v) is 11.7. The van der Waals surface area contributed by atoms with E-state index in [2.05, 4.69) is 5.32 Å². The molecule has 0 spiro atoms. The fourth-order valence-corrected chi connectivity index (χ4v) is 1.54. The van der Waals surface area contributed by atoms with Crippen LogP contribution in [0.4, 0.5) is 11.4 Å². The maximum atomic E-state index is 11.2. The van der Waals surface area contributed by atoms with E-state index in [4.69, 9.17) is 9.47 Å². The third-order valence-corrected chi connectivity index (χ3v) is 2.53. The Morgan fingerprint density at radius 3 is 2.58 bits per heavy atom. The molecule has 0 bridgehead atoms. The second kappa shape index (κ2) is 6.94. The van der Waals surface area contributed by atoms with Crippen molar-refractivity contribution in [3.8, 4) is 5.75 Å². The molecule has 1 aromatic carbocycles. The normalized spacial score (nSPS) is 12.3. The van der Waals surface area contributed by atoms with Crippen molar-refractivity contribution in [3.63, 3.8) is 0 Å². The van der Waals surface area contributed by atoms with E-state index in [0.29, 0.717) is 12.2 Å². The average Bonchev–Trinajstić information content (AvgIpc) is 2.34. The first-order chi connectivity index (χ1) is 8.95. The van der Waals surface area contributed by atoms with Gasteiger partial charge in [0.25, 0.3) is 0 Å². The number of methoxy groups -OCH3 is 1. The lowest BCUT2D eigenvalue weighted by Gasteiger charge is -2.15. The molecule has 106 valence electrons. The molecule has 0 amide bonds. The Morgan fingerprint density at radius 2 is 2.05 bits per heavy atom. The van der Waals surface area contributed by atoms with Crippen molar-refractivity contribution in [2.75, 3.05) is 19.0 Å². The molecule has 0 saturated heterocycles. The van der Waals surface area contributed by atoms with E-state index in [1.165, 1.54) is 0 Å². The number of benzene rings is 1. The molecule has 0 aliphatic heterocycles. The summed E-state index contributed by atoms with van der Waals surface area (Å²) in [6.45, 7) is 6.03. The summed E-state index contributed by atoms with van der Waals surface area (Å²) in [5, 5.41) is 14.2. The third-order valence-electron chi connectivity index (χ3n) is 2.53. The number of nitro groups is 1. The summed E-state index contributed by atoms with van der Waals surface area (Å²) >= 11 is 0. The molecule has 1 atom stereocenters. The maximum Gasteiger partial charge on any atom is 0.333 e. The smallest absolute Gasteiger partial charge is 0.333 e. The molecule has 0 aliphatic carbocycles.